The minimum Gasteiger partial charge on any atom is -0.299 e. The quantitative estimate of drug-likeness (QED) is 0.489. The third kappa shape index (κ3) is 6.00. The van der Waals surface area contributed by atoms with Crippen molar-refractivity contribution in [2.45, 2.75) is 38.5 Å². The molecule has 0 fully saturated rings. The molecule has 1 nitrogen and oxygen atoms in total. The van der Waals surface area contributed by atoms with Crippen LogP contribution in [-0.4, -0.2) is 5.78 Å². The van der Waals surface area contributed by atoms with Crippen LogP contribution >= 0.6 is 0 Å². The molecule has 1 aromatic rings. The number of ketones is 1. The summed E-state index contributed by atoms with van der Waals surface area (Å²) in [5, 5.41) is 0. The zero-order chi connectivity index (χ0) is 12.5. The summed E-state index contributed by atoms with van der Waals surface area (Å²) in [6.45, 7) is 3.66. The van der Waals surface area contributed by atoms with Crippen LogP contribution in [0.25, 0.3) is 0 Å². The fraction of sp³-hybridized carbons (Fsp3) is 0.400. The smallest absolute Gasteiger partial charge is 0.137 e. The van der Waals surface area contributed by atoms with Crippen molar-refractivity contribution in [3.63, 3.8) is 0 Å². The second-order valence-electron chi connectivity index (χ2n) is 4.23. The molecule has 0 atom stereocenters. The average Bonchev–Trinajstić information content (AvgIpc) is 2.29. The Kier molecular flexibility index (Phi) is 6.23. The molecule has 1 aromatic carbocycles. The third-order valence-corrected chi connectivity index (χ3v) is 2.65. The molecular weight excluding hydrogens is 215 g/mol. The van der Waals surface area contributed by atoms with Gasteiger partial charge in [0.05, 0.1) is 0 Å². The molecule has 0 bridgehead atoms. The predicted octanol–water partition coefficient (Wildman–Crippen LogP) is 4.07. The number of hydrogen-bond donors (Lipinski definition) is 0. The van der Waals surface area contributed by atoms with Crippen LogP contribution < -0.4 is 0 Å². The first-order valence-corrected chi connectivity index (χ1v) is 6.09. The molecule has 0 saturated heterocycles. The van der Waals surface area contributed by atoms with E-state index < -0.39 is 0 Å². The van der Waals surface area contributed by atoms with Gasteiger partial charge in [0.15, 0.2) is 0 Å². The van der Waals surface area contributed by atoms with Gasteiger partial charge in [0, 0.05) is 12.8 Å². The van der Waals surface area contributed by atoms with Crippen LogP contribution in [0.5, 0.6) is 0 Å². The van der Waals surface area contributed by atoms with Gasteiger partial charge >= 0.3 is 0 Å². The predicted molar refractivity (Wildman–Crippen MR) is 68.4 cm³/mol. The van der Waals surface area contributed by atoms with Gasteiger partial charge in [-0.2, -0.15) is 0 Å². The van der Waals surface area contributed by atoms with Gasteiger partial charge in [-0.3, -0.25) is 4.79 Å². The minimum atomic E-state index is -0.277. The summed E-state index contributed by atoms with van der Waals surface area (Å²) in [6.07, 6.45) is 6.92. The van der Waals surface area contributed by atoms with Crippen molar-refractivity contribution in [3.8, 4) is 0 Å². The summed E-state index contributed by atoms with van der Waals surface area (Å²) >= 11 is 0. The second kappa shape index (κ2) is 7.77. The first kappa shape index (κ1) is 13.6. The van der Waals surface area contributed by atoms with E-state index in [2.05, 4.69) is 6.58 Å². The molecule has 0 radical (unpaired) electrons. The second-order valence-corrected chi connectivity index (χ2v) is 4.23. The van der Waals surface area contributed by atoms with E-state index in [1.54, 1.807) is 12.1 Å². The van der Waals surface area contributed by atoms with E-state index in [4.69, 9.17) is 0 Å². The molecular formula is C15H19FO. The number of benzene rings is 1. The lowest BCUT2D eigenvalue weighted by molar-refractivity contribution is -0.118. The van der Waals surface area contributed by atoms with Gasteiger partial charge < -0.3 is 0 Å². The summed E-state index contributed by atoms with van der Waals surface area (Å²) in [4.78, 5) is 11.6. The average molecular weight is 234 g/mol. The van der Waals surface area contributed by atoms with Gasteiger partial charge in [-0.15, -0.1) is 6.58 Å². The van der Waals surface area contributed by atoms with Crippen LogP contribution in [0.3, 0.4) is 0 Å². The zero-order valence-electron chi connectivity index (χ0n) is 10.1. The van der Waals surface area contributed by atoms with Crippen molar-refractivity contribution in [2.24, 2.45) is 0 Å². The number of halogens is 1. The van der Waals surface area contributed by atoms with Crippen molar-refractivity contribution >= 4 is 5.78 Å². The maximum Gasteiger partial charge on any atom is 0.137 e. The van der Waals surface area contributed by atoms with E-state index in [9.17, 15) is 9.18 Å². The molecule has 0 amide bonds. The molecule has 2 heteroatoms. The highest BCUT2D eigenvalue weighted by atomic mass is 19.1. The van der Waals surface area contributed by atoms with Crippen molar-refractivity contribution in [1.82, 2.24) is 0 Å². The van der Waals surface area contributed by atoms with E-state index >= 15 is 0 Å². The Morgan fingerprint density at radius 3 is 2.82 bits per heavy atom. The summed E-state index contributed by atoms with van der Waals surface area (Å²) in [7, 11) is 0. The largest absolute Gasteiger partial charge is 0.299 e. The van der Waals surface area contributed by atoms with Gasteiger partial charge in [-0.1, -0.05) is 24.6 Å². The fourth-order valence-electron chi connectivity index (χ4n) is 1.75. The highest BCUT2D eigenvalue weighted by Gasteiger charge is 2.04. The molecule has 0 unspecified atom stereocenters. The Balaban J connectivity index is 2.23. The molecule has 92 valence electrons. The third-order valence-electron chi connectivity index (χ3n) is 2.65. The highest BCUT2D eigenvalue weighted by Crippen LogP contribution is 2.09. The van der Waals surface area contributed by atoms with Crippen LogP contribution in [-0.2, 0) is 11.2 Å². The van der Waals surface area contributed by atoms with E-state index in [0.29, 0.717) is 12.8 Å². The first-order valence-electron chi connectivity index (χ1n) is 6.09. The molecule has 0 aliphatic carbocycles. The molecule has 17 heavy (non-hydrogen) atoms. The van der Waals surface area contributed by atoms with Crippen LogP contribution in [0.2, 0.25) is 0 Å². The summed E-state index contributed by atoms with van der Waals surface area (Å²) in [5.74, 6) is -0.0875. The maximum atomic E-state index is 12.9. The Morgan fingerprint density at radius 2 is 2.12 bits per heavy atom. The van der Waals surface area contributed by atoms with E-state index in [0.717, 1.165) is 31.2 Å². The lowest BCUT2D eigenvalue weighted by Crippen LogP contribution is -2.02. The zero-order valence-corrected chi connectivity index (χ0v) is 10.1. The van der Waals surface area contributed by atoms with Crippen molar-refractivity contribution in [2.75, 3.05) is 0 Å². The van der Waals surface area contributed by atoms with E-state index in [1.165, 1.54) is 12.1 Å². The van der Waals surface area contributed by atoms with Gasteiger partial charge in [0.25, 0.3) is 0 Å². The van der Waals surface area contributed by atoms with Crippen molar-refractivity contribution in [1.29, 1.82) is 0 Å². The number of hydrogen-bond acceptors (Lipinski definition) is 1. The summed E-state index contributed by atoms with van der Waals surface area (Å²) in [6, 6.07) is 6.25. The van der Waals surface area contributed by atoms with Gasteiger partial charge in [-0.05, 0) is 37.0 Å². The SMILES string of the molecule is C=CCCCCCC(=O)Cc1cccc(F)c1. The number of unbranched alkanes of at least 4 members (excludes halogenated alkanes) is 3. The Hall–Kier alpha value is -1.44. The van der Waals surface area contributed by atoms with Crippen LogP contribution in [0.1, 0.15) is 37.7 Å². The molecule has 0 aliphatic heterocycles. The van der Waals surface area contributed by atoms with Gasteiger partial charge in [0.2, 0.25) is 0 Å². The normalized spacial score (nSPS) is 10.2. The number of carbonyl (C=O) groups is 1. The molecule has 0 aliphatic rings. The maximum absolute atomic E-state index is 12.9. The Morgan fingerprint density at radius 1 is 1.29 bits per heavy atom. The van der Waals surface area contributed by atoms with Gasteiger partial charge in [-0.25, -0.2) is 4.39 Å². The molecule has 0 aromatic heterocycles. The minimum absolute atomic E-state index is 0.189. The van der Waals surface area contributed by atoms with Gasteiger partial charge in [0.1, 0.15) is 11.6 Å². The van der Waals surface area contributed by atoms with Crippen LogP contribution in [0.4, 0.5) is 4.39 Å². The molecule has 0 heterocycles. The molecule has 1 rings (SSSR count). The molecule has 0 N–H and O–H groups in total. The lowest BCUT2D eigenvalue weighted by Gasteiger charge is -2.01. The van der Waals surface area contributed by atoms with Crippen molar-refractivity contribution < 1.29 is 9.18 Å². The Labute approximate surface area is 102 Å². The molecule has 0 saturated carbocycles. The summed E-state index contributed by atoms with van der Waals surface area (Å²) in [5.41, 5.74) is 0.765. The highest BCUT2D eigenvalue weighted by molar-refractivity contribution is 5.80. The standard InChI is InChI=1S/C15H19FO/c1-2-3-4-5-6-10-15(17)12-13-8-7-9-14(16)11-13/h2,7-9,11H,1,3-6,10,12H2. The molecule has 0 spiro atoms. The Bertz CT molecular complexity index is 371. The number of rotatable bonds is 8. The topological polar surface area (TPSA) is 17.1 Å². The van der Waals surface area contributed by atoms with E-state index in [-0.39, 0.29) is 11.6 Å². The number of allylic oxidation sites excluding steroid dienone is 1. The fourth-order valence-corrected chi connectivity index (χ4v) is 1.75. The first-order chi connectivity index (χ1) is 8.22. The van der Waals surface area contributed by atoms with Crippen LogP contribution in [0.15, 0.2) is 36.9 Å². The lowest BCUT2D eigenvalue weighted by atomic mass is 10.0. The van der Waals surface area contributed by atoms with E-state index in [1.807, 2.05) is 6.08 Å². The van der Waals surface area contributed by atoms with Crippen molar-refractivity contribution in [3.05, 3.63) is 48.3 Å². The summed E-state index contributed by atoms with van der Waals surface area (Å²) < 4.78 is 12.9. The number of carbonyl (C=O) groups excluding carboxylic acids is 1. The number of Topliss-reactive ketones (excluding diaryl/α,β-unsaturated/α-hetero) is 1. The monoisotopic (exact) mass is 234 g/mol. The van der Waals surface area contributed by atoms with Crippen LogP contribution in [0, 0.1) is 5.82 Å².